The van der Waals surface area contributed by atoms with Crippen LogP contribution in [-0.2, 0) is 6.42 Å². The van der Waals surface area contributed by atoms with Crippen LogP contribution < -0.4 is 0 Å². The van der Waals surface area contributed by atoms with Crippen molar-refractivity contribution in [2.45, 2.75) is 13.3 Å². The number of hydrogen-bond acceptors (Lipinski definition) is 2. The van der Waals surface area contributed by atoms with Gasteiger partial charge in [-0.2, -0.15) is 0 Å². The smallest absolute Gasteiger partial charge is 0.114 e. The molecular formula is C42H29N3. The van der Waals surface area contributed by atoms with Gasteiger partial charge in [0.15, 0.2) is 0 Å². The molecule has 2 heterocycles. The summed E-state index contributed by atoms with van der Waals surface area (Å²) in [5.74, 6) is 1.07. The van der Waals surface area contributed by atoms with Gasteiger partial charge in [-0.3, -0.25) is 4.57 Å². The molecule has 0 saturated carbocycles. The Labute approximate surface area is 261 Å². The van der Waals surface area contributed by atoms with Gasteiger partial charge in [-0.15, -0.1) is 0 Å². The van der Waals surface area contributed by atoms with Crippen molar-refractivity contribution in [2.24, 2.45) is 0 Å². The topological polar surface area (TPSA) is 30.7 Å². The number of hydrogen-bond donors (Lipinski definition) is 0. The molecule has 0 bridgehead atoms. The zero-order valence-electron chi connectivity index (χ0n) is 24.9. The van der Waals surface area contributed by atoms with Crippen LogP contribution in [0.5, 0.6) is 0 Å². The van der Waals surface area contributed by atoms with Crippen LogP contribution in [0.3, 0.4) is 0 Å². The highest BCUT2D eigenvalue weighted by molar-refractivity contribution is 6.33. The lowest BCUT2D eigenvalue weighted by Crippen LogP contribution is -1.99. The van der Waals surface area contributed by atoms with Crippen LogP contribution in [0.2, 0.25) is 0 Å². The minimum absolute atomic E-state index is 0.870. The molecule has 212 valence electrons. The largest absolute Gasteiger partial charge is 0.296 e. The lowest BCUT2D eigenvalue weighted by atomic mass is 9.89. The van der Waals surface area contributed by atoms with E-state index in [1.54, 1.807) is 0 Å². The summed E-state index contributed by atoms with van der Waals surface area (Å²) < 4.78 is 2.27. The first-order valence-electron chi connectivity index (χ1n) is 15.6. The number of pyridine rings is 1. The van der Waals surface area contributed by atoms with E-state index < -0.39 is 0 Å². The molecule has 0 spiro atoms. The lowest BCUT2D eigenvalue weighted by molar-refractivity contribution is 0.908. The van der Waals surface area contributed by atoms with Crippen molar-refractivity contribution >= 4 is 54.3 Å². The van der Waals surface area contributed by atoms with Gasteiger partial charge in [-0.25, -0.2) is 9.97 Å². The van der Waals surface area contributed by atoms with Gasteiger partial charge in [0.05, 0.1) is 22.2 Å². The first-order chi connectivity index (χ1) is 22.3. The minimum Gasteiger partial charge on any atom is -0.296 e. The Balaban J connectivity index is 1.25. The zero-order chi connectivity index (χ0) is 29.9. The molecular weight excluding hydrogens is 546 g/mol. The van der Waals surface area contributed by atoms with Crippen LogP contribution in [0.15, 0.2) is 146 Å². The van der Waals surface area contributed by atoms with E-state index in [0.29, 0.717) is 0 Å². The molecule has 0 saturated heterocycles. The summed E-state index contributed by atoms with van der Waals surface area (Å²) >= 11 is 0. The van der Waals surface area contributed by atoms with Crippen molar-refractivity contribution in [3.63, 3.8) is 0 Å². The highest BCUT2D eigenvalue weighted by atomic mass is 15.1. The number of fused-ring (bicyclic) bond motifs is 9. The van der Waals surface area contributed by atoms with Gasteiger partial charge in [-0.1, -0.05) is 116 Å². The zero-order valence-corrected chi connectivity index (χ0v) is 24.9. The van der Waals surface area contributed by atoms with E-state index in [0.717, 1.165) is 45.7 Å². The molecule has 9 rings (SSSR count). The number of nitrogens with zero attached hydrogens (tertiary/aromatic N) is 3. The quantitative estimate of drug-likeness (QED) is 0.195. The Kier molecular flexibility index (Phi) is 5.79. The highest BCUT2D eigenvalue weighted by Gasteiger charge is 2.18. The first-order valence-corrected chi connectivity index (χ1v) is 15.6. The molecule has 2 aromatic heterocycles. The van der Waals surface area contributed by atoms with Crippen molar-refractivity contribution in [1.29, 1.82) is 0 Å². The van der Waals surface area contributed by atoms with Gasteiger partial charge in [0.1, 0.15) is 5.82 Å². The molecule has 9 aromatic rings. The van der Waals surface area contributed by atoms with E-state index in [-0.39, 0.29) is 0 Å². The number of aryl methyl sites for hydroxylation is 1. The van der Waals surface area contributed by atoms with Crippen LogP contribution in [0.4, 0.5) is 0 Å². The Morgan fingerprint density at radius 2 is 1.07 bits per heavy atom. The maximum atomic E-state index is 5.35. The third kappa shape index (κ3) is 3.98. The van der Waals surface area contributed by atoms with Gasteiger partial charge >= 0.3 is 0 Å². The molecule has 0 N–H and O–H groups in total. The van der Waals surface area contributed by atoms with E-state index in [1.807, 2.05) is 6.07 Å². The van der Waals surface area contributed by atoms with Crippen molar-refractivity contribution in [3.8, 4) is 28.1 Å². The summed E-state index contributed by atoms with van der Waals surface area (Å²) in [6.45, 7) is 2.16. The fraction of sp³-hybridized carbons (Fsp3) is 0.0476. The Morgan fingerprint density at radius 1 is 0.467 bits per heavy atom. The molecule has 45 heavy (non-hydrogen) atoms. The number of aromatic nitrogens is 3. The molecule has 0 aliphatic heterocycles. The molecule has 0 atom stereocenters. The predicted octanol–water partition coefficient (Wildman–Crippen LogP) is 10.9. The summed E-state index contributed by atoms with van der Waals surface area (Å²) in [6.07, 6.45) is 0.870. The standard InChI is InChI=1S/C42H29N3/c1-2-39-43-37-20-9-10-21-38(37)45(39)30-24-22-27(23-25-30)28-12-11-13-29(26-28)42-41-34-17-6-4-15-32(34)31-14-3-5-16-33(31)40(41)35-18-7-8-19-36(35)44-42/h3-26H,2H2,1H3. The second-order valence-electron chi connectivity index (χ2n) is 11.7. The molecule has 3 nitrogen and oxygen atoms in total. The molecule has 0 aliphatic carbocycles. The van der Waals surface area contributed by atoms with Gasteiger partial charge in [0.2, 0.25) is 0 Å². The van der Waals surface area contributed by atoms with Gasteiger partial charge in [0, 0.05) is 33.8 Å². The molecule has 0 unspecified atom stereocenters. The molecule has 0 aliphatic rings. The molecule has 0 fully saturated rings. The van der Waals surface area contributed by atoms with Gasteiger partial charge in [-0.05, 0) is 69.1 Å². The summed E-state index contributed by atoms with van der Waals surface area (Å²) in [7, 11) is 0. The number of para-hydroxylation sites is 3. The SMILES string of the molecule is CCc1nc2ccccc2n1-c1ccc(-c2cccc(-c3nc4ccccc4c4c5ccccc5c5ccccc5c34)c2)cc1. The van der Waals surface area contributed by atoms with Gasteiger partial charge < -0.3 is 0 Å². The predicted molar refractivity (Wildman–Crippen MR) is 189 cm³/mol. The second-order valence-corrected chi connectivity index (χ2v) is 11.7. The van der Waals surface area contributed by atoms with Crippen molar-refractivity contribution < 1.29 is 0 Å². The van der Waals surface area contributed by atoms with E-state index in [9.17, 15) is 0 Å². The summed E-state index contributed by atoms with van der Waals surface area (Å²) in [4.78, 5) is 10.2. The summed E-state index contributed by atoms with van der Waals surface area (Å²) in [5.41, 5.74) is 8.76. The molecule has 7 aromatic carbocycles. The van der Waals surface area contributed by atoms with Crippen molar-refractivity contribution in [3.05, 3.63) is 151 Å². The maximum Gasteiger partial charge on any atom is 0.114 e. The fourth-order valence-corrected chi connectivity index (χ4v) is 7.08. The minimum atomic E-state index is 0.870. The number of rotatable bonds is 4. The Morgan fingerprint density at radius 3 is 1.80 bits per heavy atom. The van der Waals surface area contributed by atoms with E-state index in [4.69, 9.17) is 9.97 Å². The molecule has 0 amide bonds. The number of benzene rings is 7. The van der Waals surface area contributed by atoms with E-state index in [1.165, 1.54) is 48.8 Å². The Hall–Kier alpha value is -5.80. The van der Waals surface area contributed by atoms with Crippen LogP contribution >= 0.6 is 0 Å². The van der Waals surface area contributed by atoms with E-state index in [2.05, 4.69) is 151 Å². The fourth-order valence-electron chi connectivity index (χ4n) is 7.08. The third-order valence-electron chi connectivity index (χ3n) is 9.12. The second kappa shape index (κ2) is 10.1. The van der Waals surface area contributed by atoms with Crippen LogP contribution in [-0.4, -0.2) is 14.5 Å². The van der Waals surface area contributed by atoms with Gasteiger partial charge in [0.25, 0.3) is 0 Å². The molecule has 3 heteroatoms. The highest BCUT2D eigenvalue weighted by Crippen LogP contribution is 2.43. The third-order valence-corrected chi connectivity index (χ3v) is 9.12. The van der Waals surface area contributed by atoms with Crippen molar-refractivity contribution in [2.75, 3.05) is 0 Å². The summed E-state index contributed by atoms with van der Waals surface area (Å²) in [6, 6.07) is 52.1. The van der Waals surface area contributed by atoms with Crippen LogP contribution in [0.1, 0.15) is 12.7 Å². The first kappa shape index (κ1) is 25.7. The van der Waals surface area contributed by atoms with E-state index >= 15 is 0 Å². The van der Waals surface area contributed by atoms with Crippen LogP contribution in [0, 0.1) is 0 Å². The van der Waals surface area contributed by atoms with Crippen LogP contribution in [0.25, 0.3) is 82.3 Å². The maximum absolute atomic E-state index is 5.35. The lowest BCUT2D eigenvalue weighted by Gasteiger charge is -2.16. The normalized spacial score (nSPS) is 11.8. The Bertz CT molecular complexity index is 2570. The summed E-state index contributed by atoms with van der Waals surface area (Å²) in [5, 5.41) is 8.67. The average molecular weight is 576 g/mol. The molecule has 0 radical (unpaired) electrons. The monoisotopic (exact) mass is 575 g/mol. The van der Waals surface area contributed by atoms with Crippen molar-refractivity contribution in [1.82, 2.24) is 14.5 Å². The number of imidazole rings is 1. The average Bonchev–Trinajstić information content (AvgIpc) is 3.50.